The number of rotatable bonds is 4. The van der Waals surface area contributed by atoms with Crippen molar-refractivity contribution in [2.45, 2.75) is 19.1 Å². The summed E-state index contributed by atoms with van der Waals surface area (Å²) in [6.07, 6.45) is -4.39. The van der Waals surface area contributed by atoms with E-state index in [9.17, 15) is 22.8 Å². The number of nitrogens with one attached hydrogen (secondary N) is 2. The molecule has 0 aliphatic heterocycles. The van der Waals surface area contributed by atoms with Crippen molar-refractivity contribution in [1.29, 1.82) is 0 Å². The van der Waals surface area contributed by atoms with Crippen molar-refractivity contribution in [2.24, 2.45) is 0 Å². The zero-order valence-corrected chi connectivity index (χ0v) is 19.2. The van der Waals surface area contributed by atoms with Crippen LogP contribution >= 0.6 is 0 Å². The van der Waals surface area contributed by atoms with Crippen LogP contribution in [0.2, 0.25) is 0 Å². The van der Waals surface area contributed by atoms with Gasteiger partial charge in [0.2, 0.25) is 5.56 Å². The number of carbonyl (C=O) groups excluding carboxylic acids is 1. The molecule has 0 unspecified atom stereocenters. The van der Waals surface area contributed by atoms with Gasteiger partial charge in [-0.25, -0.2) is 0 Å². The van der Waals surface area contributed by atoms with Crippen molar-refractivity contribution in [3.05, 3.63) is 118 Å². The molecule has 36 heavy (non-hydrogen) atoms. The van der Waals surface area contributed by atoms with Crippen LogP contribution in [-0.4, -0.2) is 10.9 Å². The molecule has 5 aromatic rings. The van der Waals surface area contributed by atoms with Gasteiger partial charge in [0.15, 0.2) is 0 Å². The molecule has 4 aromatic carbocycles. The Morgan fingerprint density at radius 2 is 1.58 bits per heavy atom. The molecule has 1 heterocycles. The quantitative estimate of drug-likeness (QED) is 0.292. The summed E-state index contributed by atoms with van der Waals surface area (Å²) in [4.78, 5) is 27.7. The van der Waals surface area contributed by atoms with E-state index in [4.69, 9.17) is 0 Å². The first kappa shape index (κ1) is 23.4. The summed E-state index contributed by atoms with van der Waals surface area (Å²) < 4.78 is 38.8. The zero-order chi connectivity index (χ0) is 25.4. The number of amides is 1. The maximum Gasteiger partial charge on any atom is 0.416 e. The van der Waals surface area contributed by atoms with Crippen LogP contribution in [0.5, 0.6) is 0 Å². The number of fused-ring (bicyclic) bond motifs is 2. The molecule has 2 N–H and O–H groups in total. The number of aromatic amines is 1. The second-order valence-corrected chi connectivity index (χ2v) is 8.65. The van der Waals surface area contributed by atoms with Gasteiger partial charge in [-0.1, -0.05) is 54.6 Å². The number of para-hydroxylation sites is 1. The Morgan fingerprint density at radius 3 is 2.33 bits per heavy atom. The highest BCUT2D eigenvalue weighted by Crippen LogP contribution is 2.33. The lowest BCUT2D eigenvalue weighted by molar-refractivity contribution is -0.137. The third-order valence-corrected chi connectivity index (χ3v) is 6.27. The Bertz CT molecular complexity index is 1650. The van der Waals surface area contributed by atoms with Crippen LogP contribution in [0.1, 0.15) is 34.5 Å². The lowest BCUT2D eigenvalue weighted by Gasteiger charge is -2.17. The van der Waals surface area contributed by atoms with Crippen LogP contribution < -0.4 is 10.9 Å². The Hall–Kier alpha value is -4.39. The largest absolute Gasteiger partial charge is 0.416 e. The topological polar surface area (TPSA) is 62.0 Å². The lowest BCUT2D eigenvalue weighted by atomic mass is 9.96. The SMILES string of the molecule is C[C@@H](NC(=O)c1ccc2c(-c3ccc(C(F)(F)F)cc3)cccc2c1)c1cccc2ccc(=O)[nH]c12. The van der Waals surface area contributed by atoms with Gasteiger partial charge in [0.1, 0.15) is 0 Å². The van der Waals surface area contributed by atoms with E-state index in [1.807, 2.05) is 43.3 Å². The molecule has 0 radical (unpaired) electrons. The standard InChI is InChI=1S/C29H21F3N2O2/c1-17(23-6-2-4-19-11-15-26(35)34-27(19)23)33-28(36)21-10-14-25-20(16-21)5-3-7-24(25)18-8-12-22(13-9-18)29(30,31)32/h2-17H,1H3,(H,33,36)(H,34,35)/t17-/m1/s1. The number of H-pyrrole nitrogens is 1. The third-order valence-electron chi connectivity index (χ3n) is 6.27. The summed E-state index contributed by atoms with van der Waals surface area (Å²) in [7, 11) is 0. The van der Waals surface area contributed by atoms with Gasteiger partial charge >= 0.3 is 6.18 Å². The van der Waals surface area contributed by atoms with Crippen LogP contribution in [0.25, 0.3) is 32.8 Å². The van der Waals surface area contributed by atoms with E-state index in [1.54, 1.807) is 24.3 Å². The normalized spacial score (nSPS) is 12.6. The van der Waals surface area contributed by atoms with Crippen molar-refractivity contribution in [2.75, 3.05) is 0 Å². The number of hydrogen-bond acceptors (Lipinski definition) is 2. The number of aromatic nitrogens is 1. The number of halogens is 3. The molecule has 1 amide bonds. The average molecular weight is 486 g/mol. The van der Waals surface area contributed by atoms with Gasteiger partial charge in [-0.2, -0.15) is 13.2 Å². The molecular formula is C29H21F3N2O2. The van der Waals surface area contributed by atoms with Crippen molar-refractivity contribution in [1.82, 2.24) is 10.3 Å². The zero-order valence-electron chi connectivity index (χ0n) is 19.2. The molecule has 0 spiro atoms. The minimum Gasteiger partial charge on any atom is -0.345 e. The minimum atomic E-state index is -4.39. The Balaban J connectivity index is 1.43. The van der Waals surface area contributed by atoms with E-state index >= 15 is 0 Å². The molecule has 0 aliphatic carbocycles. The minimum absolute atomic E-state index is 0.216. The molecular weight excluding hydrogens is 465 g/mol. The van der Waals surface area contributed by atoms with Crippen molar-refractivity contribution >= 4 is 27.6 Å². The molecule has 7 heteroatoms. The molecule has 0 fully saturated rings. The van der Waals surface area contributed by atoms with Gasteiger partial charge < -0.3 is 10.3 Å². The molecule has 0 aliphatic rings. The van der Waals surface area contributed by atoms with Crippen LogP contribution in [0.4, 0.5) is 13.2 Å². The Labute approximate surface area is 204 Å². The smallest absolute Gasteiger partial charge is 0.345 e. The van der Waals surface area contributed by atoms with Crippen molar-refractivity contribution in [3.8, 4) is 11.1 Å². The summed E-state index contributed by atoms with van der Waals surface area (Å²) in [6.45, 7) is 1.85. The van der Waals surface area contributed by atoms with E-state index in [1.165, 1.54) is 18.2 Å². The monoisotopic (exact) mass is 486 g/mol. The number of pyridine rings is 1. The van der Waals surface area contributed by atoms with Crippen LogP contribution in [0, 0.1) is 0 Å². The summed E-state index contributed by atoms with van der Waals surface area (Å²) in [5, 5.41) is 5.48. The van der Waals surface area contributed by atoms with E-state index in [0.717, 1.165) is 39.4 Å². The summed E-state index contributed by atoms with van der Waals surface area (Å²) in [6, 6.07) is 24.3. The first-order valence-electron chi connectivity index (χ1n) is 11.3. The fourth-order valence-corrected chi connectivity index (χ4v) is 4.44. The van der Waals surface area contributed by atoms with Gasteiger partial charge in [0.05, 0.1) is 17.1 Å². The molecule has 0 saturated carbocycles. The summed E-state index contributed by atoms with van der Waals surface area (Å²) in [5.41, 5.74) is 2.45. The average Bonchev–Trinajstić information content (AvgIpc) is 2.87. The number of hydrogen-bond donors (Lipinski definition) is 2. The second-order valence-electron chi connectivity index (χ2n) is 8.65. The van der Waals surface area contributed by atoms with Gasteiger partial charge in [-0.15, -0.1) is 0 Å². The van der Waals surface area contributed by atoms with Gasteiger partial charge in [-0.05, 0) is 70.1 Å². The predicted molar refractivity (Wildman–Crippen MR) is 135 cm³/mol. The fourth-order valence-electron chi connectivity index (χ4n) is 4.44. The van der Waals surface area contributed by atoms with Crippen molar-refractivity contribution in [3.63, 3.8) is 0 Å². The molecule has 4 nitrogen and oxygen atoms in total. The van der Waals surface area contributed by atoms with Gasteiger partial charge in [-0.3, -0.25) is 9.59 Å². The van der Waals surface area contributed by atoms with Gasteiger partial charge in [0, 0.05) is 11.6 Å². The van der Waals surface area contributed by atoms with Crippen LogP contribution in [-0.2, 0) is 6.18 Å². The predicted octanol–water partition coefficient (Wildman–Crippen LogP) is 6.86. The van der Waals surface area contributed by atoms with Crippen molar-refractivity contribution < 1.29 is 18.0 Å². The lowest BCUT2D eigenvalue weighted by Crippen LogP contribution is -2.27. The Kier molecular flexibility index (Phi) is 5.84. The van der Waals surface area contributed by atoms with E-state index in [-0.39, 0.29) is 17.5 Å². The number of benzene rings is 4. The second kappa shape index (κ2) is 9.00. The Morgan fingerprint density at radius 1 is 0.861 bits per heavy atom. The fraction of sp³-hybridized carbons (Fsp3) is 0.103. The number of alkyl halides is 3. The maximum absolute atomic E-state index is 13.1. The molecule has 180 valence electrons. The van der Waals surface area contributed by atoms with Crippen LogP contribution in [0.15, 0.2) is 95.8 Å². The molecule has 1 atom stereocenters. The maximum atomic E-state index is 13.1. The van der Waals surface area contributed by atoms with E-state index in [0.29, 0.717) is 16.6 Å². The van der Waals surface area contributed by atoms with Gasteiger partial charge in [0.25, 0.3) is 5.91 Å². The summed E-state index contributed by atoms with van der Waals surface area (Å²) >= 11 is 0. The first-order chi connectivity index (χ1) is 17.2. The highest BCUT2D eigenvalue weighted by Gasteiger charge is 2.30. The first-order valence-corrected chi connectivity index (χ1v) is 11.3. The number of carbonyl (C=O) groups is 1. The molecule has 1 aromatic heterocycles. The third kappa shape index (κ3) is 4.47. The molecule has 5 rings (SSSR count). The molecule has 0 saturated heterocycles. The van der Waals surface area contributed by atoms with Crippen LogP contribution in [0.3, 0.4) is 0 Å². The summed E-state index contributed by atoms with van der Waals surface area (Å²) in [5.74, 6) is -0.278. The highest BCUT2D eigenvalue weighted by molar-refractivity contribution is 6.03. The highest BCUT2D eigenvalue weighted by atomic mass is 19.4. The van der Waals surface area contributed by atoms with E-state index in [2.05, 4.69) is 10.3 Å². The van der Waals surface area contributed by atoms with E-state index < -0.39 is 11.7 Å². The molecule has 0 bridgehead atoms.